The summed E-state index contributed by atoms with van der Waals surface area (Å²) in [5.74, 6) is 0.567. The highest BCUT2D eigenvalue weighted by molar-refractivity contribution is 5.56. The second-order valence-electron chi connectivity index (χ2n) is 18.3. The van der Waals surface area contributed by atoms with E-state index in [2.05, 4.69) is 137 Å². The van der Waals surface area contributed by atoms with Crippen molar-refractivity contribution in [3.8, 4) is 17.2 Å². The summed E-state index contributed by atoms with van der Waals surface area (Å²) in [5.41, 5.74) is 16.1. The molecule has 0 radical (unpaired) electrons. The first-order valence-corrected chi connectivity index (χ1v) is 23.6. The molecule has 3 heteroatoms. The predicted octanol–water partition coefficient (Wildman–Crippen LogP) is 18.5. The molecule has 0 amide bonds. The fraction of sp³-hybridized carbons (Fsp3) is 0.552. The van der Waals surface area contributed by atoms with Crippen LogP contribution in [0.4, 0.5) is 0 Å². The number of benzene rings is 1. The molecule has 0 fully saturated rings. The zero-order valence-corrected chi connectivity index (χ0v) is 41.6. The Morgan fingerprint density at radius 3 is 0.902 bits per heavy atom. The number of phenols is 2. The molecule has 0 saturated heterocycles. The highest BCUT2D eigenvalue weighted by atomic mass is 16.5. The number of hydrogen-bond donors (Lipinski definition) is 2. The Morgan fingerprint density at radius 2 is 0.656 bits per heavy atom. The van der Waals surface area contributed by atoms with E-state index in [9.17, 15) is 10.2 Å². The zero-order valence-electron chi connectivity index (χ0n) is 41.6. The van der Waals surface area contributed by atoms with E-state index in [-0.39, 0.29) is 11.5 Å². The Hall–Kier alpha value is -3.98. The smallest absolute Gasteiger partial charge is 0.164 e. The molecule has 0 spiro atoms. The lowest BCUT2D eigenvalue weighted by Crippen LogP contribution is -1.94. The fourth-order valence-corrected chi connectivity index (χ4v) is 7.34. The van der Waals surface area contributed by atoms with Gasteiger partial charge in [0.2, 0.25) is 0 Å². The lowest BCUT2D eigenvalue weighted by molar-refractivity contribution is 0.365. The first kappa shape index (κ1) is 55.0. The third-order valence-corrected chi connectivity index (χ3v) is 11.8. The van der Waals surface area contributed by atoms with Gasteiger partial charge in [-0.05, 0) is 211 Å². The van der Waals surface area contributed by atoms with Gasteiger partial charge >= 0.3 is 0 Å². The van der Waals surface area contributed by atoms with Crippen LogP contribution in [0.1, 0.15) is 203 Å². The number of ether oxygens (including phenoxy) is 1. The van der Waals surface area contributed by atoms with Crippen molar-refractivity contribution in [3.63, 3.8) is 0 Å². The lowest BCUT2D eigenvalue weighted by atomic mass is 10.00. The van der Waals surface area contributed by atoms with E-state index in [4.69, 9.17) is 4.74 Å². The molecule has 340 valence electrons. The van der Waals surface area contributed by atoms with E-state index in [0.717, 1.165) is 96.3 Å². The summed E-state index contributed by atoms with van der Waals surface area (Å²) < 4.78 is 5.21. The minimum atomic E-state index is 0.112. The third-order valence-electron chi connectivity index (χ3n) is 11.8. The van der Waals surface area contributed by atoms with E-state index in [1.165, 1.54) is 88.2 Å². The molecule has 0 unspecified atom stereocenters. The van der Waals surface area contributed by atoms with Gasteiger partial charge in [-0.2, -0.15) is 0 Å². The largest absolute Gasteiger partial charge is 0.508 e. The highest BCUT2D eigenvalue weighted by Crippen LogP contribution is 2.38. The number of rotatable bonds is 30. The molecule has 1 aromatic carbocycles. The van der Waals surface area contributed by atoms with E-state index in [0.29, 0.717) is 23.3 Å². The van der Waals surface area contributed by atoms with E-state index in [1.54, 1.807) is 0 Å². The van der Waals surface area contributed by atoms with Crippen LogP contribution in [0.3, 0.4) is 0 Å². The van der Waals surface area contributed by atoms with Crippen LogP contribution in [-0.4, -0.2) is 17.3 Å². The van der Waals surface area contributed by atoms with Crippen molar-refractivity contribution in [2.45, 2.75) is 205 Å². The molecule has 0 aliphatic heterocycles. The number of hydrogen-bond acceptors (Lipinski definition) is 3. The minimum Gasteiger partial charge on any atom is -0.508 e. The maximum Gasteiger partial charge on any atom is 0.164 e. The molecule has 0 saturated carbocycles. The van der Waals surface area contributed by atoms with Crippen LogP contribution < -0.4 is 4.74 Å². The van der Waals surface area contributed by atoms with Crippen LogP contribution in [0.25, 0.3) is 0 Å². The first-order valence-electron chi connectivity index (χ1n) is 23.6. The first-order chi connectivity index (χ1) is 29.0. The normalized spacial score (nSPS) is 14.3. The Bertz CT molecular complexity index is 1770. The average molecular weight is 835 g/mol. The SMILES string of the molecule is COc1cc(O)c(C)c(C/C=C(\C)CC/C=C(\C)CC/C=C(\C)CC/C=C(\C)CC/C=C(\C)CC/C=C(\C)CC/C=C(\C)CC/C=C(\C)CC/C=C(\C)CCC=C(C)C)c1O. The molecule has 0 atom stereocenters. The molecule has 0 aliphatic rings. The molecule has 1 aromatic rings. The van der Waals surface area contributed by atoms with Gasteiger partial charge in [-0.1, -0.05) is 116 Å². The summed E-state index contributed by atoms with van der Waals surface area (Å²) in [6.07, 6.45) is 44.8. The van der Waals surface area contributed by atoms with Gasteiger partial charge in [-0.15, -0.1) is 0 Å². The zero-order chi connectivity index (χ0) is 45.6. The van der Waals surface area contributed by atoms with Gasteiger partial charge in [0.1, 0.15) is 5.75 Å². The molecule has 0 aromatic heterocycles. The van der Waals surface area contributed by atoms with Crippen molar-refractivity contribution < 1.29 is 14.9 Å². The molecule has 0 bridgehead atoms. The number of aromatic hydroxyl groups is 2. The third kappa shape index (κ3) is 27.6. The topological polar surface area (TPSA) is 49.7 Å². The summed E-state index contributed by atoms with van der Waals surface area (Å²) in [6.45, 7) is 26.6. The van der Waals surface area contributed by atoms with Crippen molar-refractivity contribution in [2.24, 2.45) is 0 Å². The summed E-state index contributed by atoms with van der Waals surface area (Å²) in [7, 11) is 1.50. The molecule has 0 aliphatic carbocycles. The number of allylic oxidation sites excluding steroid dienone is 20. The van der Waals surface area contributed by atoms with Gasteiger partial charge in [0.25, 0.3) is 0 Å². The monoisotopic (exact) mass is 835 g/mol. The van der Waals surface area contributed by atoms with Crippen molar-refractivity contribution in [2.75, 3.05) is 7.11 Å². The lowest BCUT2D eigenvalue weighted by Gasteiger charge is -2.13. The van der Waals surface area contributed by atoms with Gasteiger partial charge in [0, 0.05) is 11.6 Å². The van der Waals surface area contributed by atoms with Crippen molar-refractivity contribution in [3.05, 3.63) is 134 Å². The van der Waals surface area contributed by atoms with Gasteiger partial charge in [-0.25, -0.2) is 0 Å². The summed E-state index contributed by atoms with van der Waals surface area (Å²) in [5, 5.41) is 20.7. The van der Waals surface area contributed by atoms with Gasteiger partial charge in [0.05, 0.1) is 7.11 Å². The van der Waals surface area contributed by atoms with E-state index in [1.807, 2.05) is 6.92 Å². The molecular formula is C58H90O3. The van der Waals surface area contributed by atoms with Crippen LogP contribution >= 0.6 is 0 Å². The molecule has 1 rings (SSSR count). The van der Waals surface area contributed by atoms with Crippen molar-refractivity contribution in [1.82, 2.24) is 0 Å². The Labute approximate surface area is 376 Å². The Morgan fingerprint density at radius 1 is 0.410 bits per heavy atom. The second-order valence-corrected chi connectivity index (χ2v) is 18.3. The van der Waals surface area contributed by atoms with E-state index >= 15 is 0 Å². The van der Waals surface area contributed by atoms with Crippen LogP contribution in [0.5, 0.6) is 17.2 Å². The van der Waals surface area contributed by atoms with Crippen molar-refractivity contribution >= 4 is 0 Å². The van der Waals surface area contributed by atoms with Crippen LogP contribution in [0.15, 0.2) is 123 Å². The van der Waals surface area contributed by atoms with Gasteiger partial charge in [0.15, 0.2) is 11.5 Å². The molecule has 0 heterocycles. The summed E-state index contributed by atoms with van der Waals surface area (Å²) in [4.78, 5) is 0. The van der Waals surface area contributed by atoms with E-state index < -0.39 is 0 Å². The van der Waals surface area contributed by atoms with Crippen LogP contribution in [0, 0.1) is 6.92 Å². The van der Waals surface area contributed by atoms with Gasteiger partial charge in [-0.3, -0.25) is 0 Å². The quantitative estimate of drug-likeness (QED) is 0.0600. The predicted molar refractivity (Wildman–Crippen MR) is 271 cm³/mol. The fourth-order valence-electron chi connectivity index (χ4n) is 7.34. The van der Waals surface area contributed by atoms with Crippen molar-refractivity contribution in [1.29, 1.82) is 0 Å². The second kappa shape index (κ2) is 32.7. The highest BCUT2D eigenvalue weighted by Gasteiger charge is 2.14. The molecular weight excluding hydrogens is 745 g/mol. The molecule has 61 heavy (non-hydrogen) atoms. The summed E-state index contributed by atoms with van der Waals surface area (Å²) in [6, 6.07) is 1.47. The standard InChI is InChI=1S/C58H90O3/c1-44(2)23-14-24-45(3)25-15-26-46(4)27-16-28-47(5)29-17-30-48(6)31-18-32-49(7)33-19-34-50(8)35-20-36-51(9)37-21-38-52(10)39-22-40-53(11)41-42-55-54(12)56(59)43-57(61-13)58(55)60/h23,25,27,29,31,33,35,37,39,41,43,59-60H,14-22,24,26,28,30,32,34,36,38,40,42H2,1-13H3/b45-25+,46-27+,47-29+,48-31+,49-33+,50-35+,51-37+,52-39+,53-41+. The Balaban J connectivity index is 2.29. The maximum absolute atomic E-state index is 10.5. The number of methoxy groups -OCH3 is 1. The summed E-state index contributed by atoms with van der Waals surface area (Å²) >= 11 is 0. The number of phenolic OH excluding ortho intramolecular Hbond substituents is 2. The Kier molecular flexibility index (Phi) is 29.5. The van der Waals surface area contributed by atoms with Gasteiger partial charge < -0.3 is 14.9 Å². The van der Waals surface area contributed by atoms with Crippen LogP contribution in [0.2, 0.25) is 0 Å². The maximum atomic E-state index is 10.5. The molecule has 3 nitrogen and oxygen atoms in total. The van der Waals surface area contributed by atoms with Crippen LogP contribution in [-0.2, 0) is 6.42 Å². The average Bonchev–Trinajstić information content (AvgIpc) is 3.19. The minimum absolute atomic E-state index is 0.112. The molecule has 2 N–H and O–H groups in total.